The lowest BCUT2D eigenvalue weighted by atomic mass is 10.1. The van der Waals surface area contributed by atoms with Crippen LogP contribution >= 0.6 is 0 Å². The SMILES string of the molecule is COc1cccc(CC(=O)Nc2ccc(-c3nc4ccccc4n3C(F)F)cc2)c1. The minimum absolute atomic E-state index is 0.181. The molecule has 0 radical (unpaired) electrons. The van der Waals surface area contributed by atoms with Crippen LogP contribution in [0.4, 0.5) is 14.5 Å². The zero-order valence-corrected chi connectivity index (χ0v) is 16.2. The second-order valence-electron chi connectivity index (χ2n) is 6.73. The number of hydrogen-bond acceptors (Lipinski definition) is 3. The number of alkyl halides is 2. The van der Waals surface area contributed by atoms with Gasteiger partial charge in [-0.1, -0.05) is 24.3 Å². The molecule has 7 heteroatoms. The molecule has 0 atom stereocenters. The van der Waals surface area contributed by atoms with E-state index in [4.69, 9.17) is 4.74 Å². The first-order valence-corrected chi connectivity index (χ1v) is 9.33. The summed E-state index contributed by atoms with van der Waals surface area (Å²) in [6, 6.07) is 20.7. The van der Waals surface area contributed by atoms with Crippen LogP contribution < -0.4 is 10.1 Å². The number of carbonyl (C=O) groups is 1. The van der Waals surface area contributed by atoms with E-state index in [1.165, 1.54) is 0 Å². The zero-order valence-electron chi connectivity index (χ0n) is 16.2. The van der Waals surface area contributed by atoms with Gasteiger partial charge in [-0.3, -0.25) is 9.36 Å². The highest BCUT2D eigenvalue weighted by Crippen LogP contribution is 2.30. The van der Waals surface area contributed by atoms with Crippen molar-refractivity contribution < 1.29 is 18.3 Å². The maximum Gasteiger partial charge on any atom is 0.320 e. The number of fused-ring (bicyclic) bond motifs is 1. The van der Waals surface area contributed by atoms with Gasteiger partial charge in [0.15, 0.2) is 0 Å². The number of rotatable bonds is 6. The summed E-state index contributed by atoms with van der Waals surface area (Å²) < 4.78 is 33.4. The molecule has 0 saturated carbocycles. The molecule has 0 saturated heterocycles. The average molecular weight is 407 g/mol. The number of hydrogen-bond donors (Lipinski definition) is 1. The van der Waals surface area contributed by atoms with Crippen molar-refractivity contribution in [2.75, 3.05) is 12.4 Å². The minimum atomic E-state index is -2.71. The highest BCUT2D eigenvalue weighted by molar-refractivity contribution is 5.92. The van der Waals surface area contributed by atoms with Gasteiger partial charge in [0.2, 0.25) is 5.91 Å². The van der Waals surface area contributed by atoms with Crippen LogP contribution in [0.5, 0.6) is 5.75 Å². The Hall–Kier alpha value is -3.74. The Kier molecular flexibility index (Phi) is 5.43. The van der Waals surface area contributed by atoms with E-state index in [9.17, 15) is 13.6 Å². The number of para-hydroxylation sites is 2. The van der Waals surface area contributed by atoms with Crippen molar-refractivity contribution in [3.8, 4) is 17.1 Å². The second-order valence-corrected chi connectivity index (χ2v) is 6.73. The van der Waals surface area contributed by atoms with Crippen molar-refractivity contribution in [3.05, 3.63) is 78.4 Å². The molecule has 1 N–H and O–H groups in total. The first kappa shape index (κ1) is 19.6. The lowest BCUT2D eigenvalue weighted by Gasteiger charge is -2.09. The monoisotopic (exact) mass is 407 g/mol. The van der Waals surface area contributed by atoms with E-state index in [1.54, 1.807) is 61.7 Å². The highest BCUT2D eigenvalue weighted by atomic mass is 19.3. The van der Waals surface area contributed by atoms with Gasteiger partial charge in [-0.05, 0) is 54.1 Å². The molecule has 4 rings (SSSR count). The molecule has 4 aromatic rings. The summed E-state index contributed by atoms with van der Waals surface area (Å²) in [5, 5.41) is 2.82. The Morgan fingerprint density at radius 2 is 1.83 bits per heavy atom. The molecule has 1 aromatic heterocycles. The molecule has 0 bridgehead atoms. The van der Waals surface area contributed by atoms with E-state index in [2.05, 4.69) is 10.3 Å². The van der Waals surface area contributed by atoms with Crippen LogP contribution in [0.25, 0.3) is 22.4 Å². The molecular weight excluding hydrogens is 388 g/mol. The number of halogens is 2. The quantitative estimate of drug-likeness (QED) is 0.473. The molecule has 152 valence electrons. The maximum absolute atomic E-state index is 13.6. The summed E-state index contributed by atoms with van der Waals surface area (Å²) in [4.78, 5) is 16.7. The van der Waals surface area contributed by atoms with Gasteiger partial charge in [0.1, 0.15) is 11.6 Å². The number of carbonyl (C=O) groups excluding carboxylic acids is 1. The van der Waals surface area contributed by atoms with E-state index < -0.39 is 6.55 Å². The predicted molar refractivity (Wildman–Crippen MR) is 112 cm³/mol. The van der Waals surface area contributed by atoms with Crippen molar-refractivity contribution in [1.82, 2.24) is 9.55 Å². The van der Waals surface area contributed by atoms with E-state index in [0.717, 1.165) is 10.1 Å². The summed E-state index contributed by atoms with van der Waals surface area (Å²) in [5.41, 5.74) is 2.82. The Morgan fingerprint density at radius 3 is 2.57 bits per heavy atom. The number of aromatic nitrogens is 2. The van der Waals surface area contributed by atoms with Crippen LogP contribution in [0.1, 0.15) is 12.1 Å². The molecule has 0 fully saturated rings. The molecule has 1 heterocycles. The van der Waals surface area contributed by atoms with Crippen LogP contribution in [-0.2, 0) is 11.2 Å². The van der Waals surface area contributed by atoms with Gasteiger partial charge in [-0.25, -0.2) is 4.98 Å². The fourth-order valence-corrected chi connectivity index (χ4v) is 3.32. The molecule has 5 nitrogen and oxygen atoms in total. The summed E-state index contributed by atoms with van der Waals surface area (Å²) >= 11 is 0. The normalized spacial score (nSPS) is 11.1. The zero-order chi connectivity index (χ0) is 21.1. The van der Waals surface area contributed by atoms with Crippen LogP contribution in [-0.4, -0.2) is 22.6 Å². The van der Waals surface area contributed by atoms with Gasteiger partial charge >= 0.3 is 6.55 Å². The third-order valence-electron chi connectivity index (χ3n) is 4.72. The van der Waals surface area contributed by atoms with Crippen molar-refractivity contribution in [2.24, 2.45) is 0 Å². The van der Waals surface area contributed by atoms with Crippen LogP contribution in [0.15, 0.2) is 72.8 Å². The van der Waals surface area contributed by atoms with Gasteiger partial charge in [-0.2, -0.15) is 8.78 Å². The Bertz CT molecular complexity index is 1190. The first-order chi connectivity index (χ1) is 14.5. The van der Waals surface area contributed by atoms with Crippen molar-refractivity contribution in [3.63, 3.8) is 0 Å². The molecule has 1 amide bonds. The second kappa shape index (κ2) is 8.32. The number of ether oxygens (including phenoxy) is 1. The first-order valence-electron chi connectivity index (χ1n) is 9.33. The van der Waals surface area contributed by atoms with E-state index in [-0.39, 0.29) is 18.2 Å². The molecule has 0 spiro atoms. The summed E-state index contributed by atoms with van der Waals surface area (Å²) in [5.74, 6) is 0.683. The number of benzene rings is 3. The Morgan fingerprint density at radius 1 is 1.07 bits per heavy atom. The number of imidazole rings is 1. The number of nitrogens with zero attached hydrogens (tertiary/aromatic N) is 2. The predicted octanol–water partition coefficient (Wildman–Crippen LogP) is 5.29. The van der Waals surface area contributed by atoms with Crippen molar-refractivity contribution in [2.45, 2.75) is 13.0 Å². The highest BCUT2D eigenvalue weighted by Gasteiger charge is 2.18. The Labute approximate surface area is 171 Å². The summed E-state index contributed by atoms with van der Waals surface area (Å²) in [6.45, 7) is -2.71. The smallest absolute Gasteiger partial charge is 0.320 e. The molecular formula is C23H19F2N3O2. The van der Waals surface area contributed by atoms with E-state index in [1.807, 2.05) is 18.2 Å². The standard InChI is InChI=1S/C23H19F2N3O2/c1-30-18-6-4-5-15(13-18)14-21(29)26-17-11-9-16(10-12-17)22-27-19-7-2-3-8-20(19)28(22)23(24)25/h2-13,23H,14H2,1H3,(H,26,29). The summed E-state index contributed by atoms with van der Waals surface area (Å²) in [7, 11) is 1.57. The van der Waals surface area contributed by atoms with Gasteiger partial charge in [0.25, 0.3) is 0 Å². The molecule has 30 heavy (non-hydrogen) atoms. The molecule has 0 aliphatic carbocycles. The van der Waals surface area contributed by atoms with E-state index in [0.29, 0.717) is 28.0 Å². The maximum atomic E-state index is 13.6. The van der Waals surface area contributed by atoms with Gasteiger partial charge in [0.05, 0.1) is 24.6 Å². The molecule has 3 aromatic carbocycles. The molecule has 0 aliphatic heterocycles. The third kappa shape index (κ3) is 4.00. The van der Waals surface area contributed by atoms with Gasteiger partial charge in [-0.15, -0.1) is 0 Å². The fraction of sp³-hybridized carbons (Fsp3) is 0.130. The van der Waals surface area contributed by atoms with E-state index >= 15 is 0 Å². The van der Waals surface area contributed by atoms with Crippen LogP contribution in [0.3, 0.4) is 0 Å². The van der Waals surface area contributed by atoms with Crippen molar-refractivity contribution in [1.29, 1.82) is 0 Å². The lowest BCUT2D eigenvalue weighted by molar-refractivity contribution is -0.115. The average Bonchev–Trinajstić information content (AvgIpc) is 3.14. The van der Waals surface area contributed by atoms with Crippen LogP contribution in [0.2, 0.25) is 0 Å². The number of methoxy groups -OCH3 is 1. The molecule has 0 aliphatic rings. The number of amides is 1. The topological polar surface area (TPSA) is 56.1 Å². The van der Waals surface area contributed by atoms with Gasteiger partial charge < -0.3 is 10.1 Å². The van der Waals surface area contributed by atoms with Crippen LogP contribution in [0, 0.1) is 0 Å². The van der Waals surface area contributed by atoms with Gasteiger partial charge in [0, 0.05) is 11.3 Å². The lowest BCUT2D eigenvalue weighted by Crippen LogP contribution is -2.14. The third-order valence-corrected chi connectivity index (χ3v) is 4.72. The Balaban J connectivity index is 1.53. The van der Waals surface area contributed by atoms with Crippen molar-refractivity contribution >= 4 is 22.6 Å². The largest absolute Gasteiger partial charge is 0.497 e. The minimum Gasteiger partial charge on any atom is -0.497 e. The molecule has 0 unspecified atom stereocenters. The number of nitrogens with one attached hydrogen (secondary N) is 1. The number of anilines is 1. The summed E-state index contributed by atoms with van der Waals surface area (Å²) in [6.07, 6.45) is 0.195. The fourth-order valence-electron chi connectivity index (χ4n) is 3.32.